The molecule has 1 aromatic heterocycles. The van der Waals surface area contributed by atoms with Gasteiger partial charge >= 0.3 is 15.5 Å². The van der Waals surface area contributed by atoms with Gasteiger partial charge in [-0.3, -0.25) is 4.72 Å². The molecule has 6 nitrogen and oxygen atoms in total. The summed E-state index contributed by atoms with van der Waals surface area (Å²) in [6.45, 7) is 2.21. The Morgan fingerprint density at radius 3 is 2.69 bits per heavy atom. The topological polar surface area (TPSA) is 88.5 Å². The number of fused-ring (bicyclic) bond motifs is 1. The van der Waals surface area contributed by atoms with Crippen LogP contribution in [0.3, 0.4) is 0 Å². The second-order valence-electron chi connectivity index (χ2n) is 7.43. The highest BCUT2D eigenvalue weighted by Crippen LogP contribution is 2.41. The van der Waals surface area contributed by atoms with Gasteiger partial charge in [0.05, 0.1) is 23.4 Å². The monoisotopic (exact) mass is 484 g/mol. The summed E-state index contributed by atoms with van der Waals surface area (Å²) >= 11 is 1.56. The number of aryl methyl sites for hydroxylation is 1. The number of aliphatic hydroxyl groups is 1. The Balaban J connectivity index is 1.61. The van der Waals surface area contributed by atoms with E-state index < -0.39 is 21.6 Å². The summed E-state index contributed by atoms with van der Waals surface area (Å²) in [5, 5.41) is 11.7. The van der Waals surface area contributed by atoms with Gasteiger partial charge in [0.1, 0.15) is 5.75 Å². The van der Waals surface area contributed by atoms with Gasteiger partial charge in [-0.1, -0.05) is 30.3 Å². The molecule has 0 amide bonds. The van der Waals surface area contributed by atoms with Crippen LogP contribution in [0.1, 0.15) is 21.6 Å². The molecule has 1 aliphatic rings. The molecule has 2 N–H and O–H groups in total. The summed E-state index contributed by atoms with van der Waals surface area (Å²) in [5.41, 5.74) is -4.38. The highest BCUT2D eigenvalue weighted by molar-refractivity contribution is 7.93. The zero-order valence-corrected chi connectivity index (χ0v) is 18.4. The molecule has 0 bridgehead atoms. The van der Waals surface area contributed by atoms with Gasteiger partial charge in [-0.2, -0.15) is 21.6 Å². The second-order valence-corrected chi connectivity index (χ2v) is 10.4. The van der Waals surface area contributed by atoms with Crippen LogP contribution in [0.25, 0.3) is 11.1 Å². The molecule has 0 radical (unpaired) electrons. The maximum Gasteiger partial charge on any atom is 0.516 e. The van der Waals surface area contributed by atoms with Crippen molar-refractivity contribution in [1.82, 2.24) is 4.98 Å². The van der Waals surface area contributed by atoms with E-state index >= 15 is 0 Å². The number of aliphatic hydroxyl groups excluding tert-OH is 1. The van der Waals surface area contributed by atoms with Crippen LogP contribution in [0.5, 0.6) is 5.75 Å². The number of benzene rings is 2. The molecule has 4 rings (SSSR count). The summed E-state index contributed by atoms with van der Waals surface area (Å²) in [7, 11) is -5.57. The highest BCUT2D eigenvalue weighted by Gasteiger charge is 2.46. The highest BCUT2D eigenvalue weighted by atomic mass is 32.2. The van der Waals surface area contributed by atoms with E-state index in [1.54, 1.807) is 46.5 Å². The number of nitrogens with zero attached hydrogens (tertiary/aromatic N) is 1. The van der Waals surface area contributed by atoms with Crippen LogP contribution in [0.4, 0.5) is 18.9 Å². The van der Waals surface area contributed by atoms with Crippen LogP contribution in [-0.4, -0.2) is 30.6 Å². The van der Waals surface area contributed by atoms with Gasteiger partial charge in [0, 0.05) is 34.5 Å². The first-order chi connectivity index (χ1) is 15.0. The summed E-state index contributed by atoms with van der Waals surface area (Å²) in [5.74, 6) is 0.208. The molecule has 0 aliphatic carbocycles. The predicted octanol–water partition coefficient (Wildman–Crippen LogP) is 4.66. The molecule has 11 heteroatoms. The van der Waals surface area contributed by atoms with Gasteiger partial charge in [0.15, 0.2) is 0 Å². The van der Waals surface area contributed by atoms with Gasteiger partial charge in [-0.25, -0.2) is 4.98 Å². The zero-order valence-electron chi connectivity index (χ0n) is 16.8. The van der Waals surface area contributed by atoms with E-state index in [1.165, 1.54) is 18.2 Å². The van der Waals surface area contributed by atoms with E-state index in [2.05, 4.69) is 4.98 Å². The third kappa shape index (κ3) is 4.45. The number of nitrogens with one attached hydrogen (secondary N) is 1. The molecule has 2 heterocycles. The first-order valence-electron chi connectivity index (χ1n) is 9.60. The molecule has 0 spiro atoms. The number of sulfonamides is 1. The fourth-order valence-corrected chi connectivity index (χ4v) is 4.99. The minimum absolute atomic E-state index is 0.190. The lowest BCUT2D eigenvalue weighted by Gasteiger charge is -2.30. The Labute approximate surface area is 186 Å². The lowest BCUT2D eigenvalue weighted by Crippen LogP contribution is -2.30. The minimum Gasteiger partial charge on any atom is -0.493 e. The molecule has 0 fully saturated rings. The van der Waals surface area contributed by atoms with Gasteiger partial charge < -0.3 is 9.84 Å². The maximum absolute atomic E-state index is 12.8. The largest absolute Gasteiger partial charge is 0.516 e. The van der Waals surface area contributed by atoms with E-state index in [0.717, 1.165) is 9.88 Å². The van der Waals surface area contributed by atoms with Crippen molar-refractivity contribution in [2.75, 3.05) is 11.3 Å². The maximum atomic E-state index is 12.8. The van der Waals surface area contributed by atoms with E-state index in [-0.39, 0.29) is 23.8 Å². The SMILES string of the molecule is Cc1cnc(C[C@H]2COc3cc(-c4ccccc4NS(=O)(=O)C(F)(F)F)ccc3[C@@H]2O)s1. The van der Waals surface area contributed by atoms with Gasteiger partial charge in [0.25, 0.3) is 0 Å². The van der Waals surface area contributed by atoms with Crippen molar-refractivity contribution in [2.24, 2.45) is 5.92 Å². The van der Waals surface area contributed by atoms with Gasteiger partial charge in [0.2, 0.25) is 0 Å². The Bertz CT molecular complexity index is 1240. The van der Waals surface area contributed by atoms with Crippen molar-refractivity contribution < 1.29 is 31.4 Å². The first kappa shape index (κ1) is 22.6. The van der Waals surface area contributed by atoms with Crippen molar-refractivity contribution >= 4 is 27.0 Å². The average Bonchev–Trinajstić information content (AvgIpc) is 3.14. The molecule has 0 saturated carbocycles. The molecular weight excluding hydrogens is 465 g/mol. The van der Waals surface area contributed by atoms with Crippen molar-refractivity contribution in [3.8, 4) is 16.9 Å². The molecule has 3 aromatic rings. The molecular formula is C21H19F3N2O4S2. The zero-order chi connectivity index (χ0) is 23.1. The van der Waals surface area contributed by atoms with Gasteiger partial charge in [-0.15, -0.1) is 11.3 Å². The predicted molar refractivity (Wildman–Crippen MR) is 115 cm³/mol. The summed E-state index contributed by atoms with van der Waals surface area (Å²) < 4.78 is 69.0. The lowest BCUT2D eigenvalue weighted by molar-refractivity contribution is -0.0429. The summed E-state index contributed by atoms with van der Waals surface area (Å²) in [4.78, 5) is 5.41. The van der Waals surface area contributed by atoms with Gasteiger partial charge in [-0.05, 0) is 24.6 Å². The number of ether oxygens (including phenoxy) is 1. The second kappa shape index (κ2) is 8.38. The molecule has 1 aliphatic heterocycles. The van der Waals surface area contributed by atoms with Crippen molar-refractivity contribution in [1.29, 1.82) is 0 Å². The molecule has 2 aromatic carbocycles. The number of anilines is 1. The molecule has 0 unspecified atom stereocenters. The van der Waals surface area contributed by atoms with Crippen LogP contribution in [-0.2, 0) is 16.4 Å². The number of hydrogen-bond acceptors (Lipinski definition) is 6. The molecule has 32 heavy (non-hydrogen) atoms. The van der Waals surface area contributed by atoms with E-state index in [9.17, 15) is 26.7 Å². The van der Waals surface area contributed by atoms with E-state index in [0.29, 0.717) is 23.3 Å². The number of aromatic nitrogens is 1. The fourth-order valence-electron chi connectivity index (χ4n) is 3.53. The Hall–Kier alpha value is -2.63. The quantitative estimate of drug-likeness (QED) is 0.550. The third-order valence-electron chi connectivity index (χ3n) is 5.12. The van der Waals surface area contributed by atoms with Crippen molar-refractivity contribution in [3.63, 3.8) is 0 Å². The minimum atomic E-state index is -5.57. The molecule has 170 valence electrons. The average molecular weight is 485 g/mol. The van der Waals surface area contributed by atoms with Crippen LogP contribution in [0, 0.1) is 12.8 Å². The number of alkyl halides is 3. The van der Waals surface area contributed by atoms with Crippen LogP contribution in [0.15, 0.2) is 48.7 Å². The number of hydrogen-bond donors (Lipinski definition) is 2. The molecule has 2 atom stereocenters. The molecule has 0 saturated heterocycles. The van der Waals surface area contributed by atoms with Crippen LogP contribution in [0.2, 0.25) is 0 Å². The normalized spacial score (nSPS) is 18.7. The smallest absolute Gasteiger partial charge is 0.493 e. The van der Waals surface area contributed by atoms with Crippen molar-refractivity contribution in [2.45, 2.75) is 25.0 Å². The Morgan fingerprint density at radius 2 is 2.00 bits per heavy atom. The number of rotatable bonds is 5. The third-order valence-corrected chi connectivity index (χ3v) is 7.16. The Kier molecular flexibility index (Phi) is 5.91. The number of para-hydroxylation sites is 1. The number of thiazole rings is 1. The summed E-state index contributed by atoms with van der Waals surface area (Å²) in [6.07, 6.45) is 1.54. The fraction of sp³-hybridized carbons (Fsp3) is 0.286. The number of halogens is 3. The summed E-state index contributed by atoms with van der Waals surface area (Å²) in [6, 6.07) is 10.6. The van der Waals surface area contributed by atoms with E-state index in [1.807, 2.05) is 6.92 Å². The first-order valence-corrected chi connectivity index (χ1v) is 11.9. The standard InChI is InChI=1S/C21H19F3N2O4S2/c1-12-10-25-19(31-12)9-14-11-30-18-8-13(6-7-16(18)20(14)27)15-4-2-3-5-17(15)26-32(28,29)21(22,23)24/h2-8,10,14,20,26-27H,9,11H2,1H3/t14-,20+/m0/s1. The van der Waals surface area contributed by atoms with Crippen molar-refractivity contribution in [3.05, 3.63) is 64.1 Å². The van der Waals surface area contributed by atoms with E-state index in [4.69, 9.17) is 4.74 Å². The Morgan fingerprint density at radius 1 is 1.25 bits per heavy atom. The lowest BCUT2D eigenvalue weighted by atomic mass is 9.89. The van der Waals surface area contributed by atoms with Crippen LogP contribution >= 0.6 is 11.3 Å². The van der Waals surface area contributed by atoms with Crippen LogP contribution < -0.4 is 9.46 Å².